The van der Waals surface area contributed by atoms with Gasteiger partial charge in [0.05, 0.1) is 6.42 Å². The quantitative estimate of drug-likeness (QED) is 0.468. The van der Waals surface area contributed by atoms with Crippen LogP contribution in [0.3, 0.4) is 0 Å². The lowest BCUT2D eigenvalue weighted by atomic mass is 10.00. The molecule has 11 nitrogen and oxygen atoms in total. The number of hydrogen-bond acceptors (Lipinski definition) is 11. The van der Waals surface area contributed by atoms with Crippen molar-refractivity contribution in [2.75, 3.05) is 13.2 Å². The highest BCUT2D eigenvalue weighted by molar-refractivity contribution is 5.72. The maximum Gasteiger partial charge on any atom is 0.509 e. The second kappa shape index (κ2) is 7.67. The van der Waals surface area contributed by atoms with Crippen molar-refractivity contribution >= 4 is 24.4 Å². The maximum atomic E-state index is 11.9. The zero-order chi connectivity index (χ0) is 18.7. The highest BCUT2D eigenvalue weighted by Gasteiger charge is 2.45. The Labute approximate surface area is 147 Å². The molecule has 0 spiro atoms. The van der Waals surface area contributed by atoms with Crippen LogP contribution in [-0.4, -0.2) is 68.2 Å². The Hall–Kier alpha value is -2.72. The molecule has 3 rings (SSSR count). The average molecular weight is 374 g/mol. The number of ether oxygens (including phenoxy) is 7. The van der Waals surface area contributed by atoms with Crippen LogP contribution >= 0.6 is 0 Å². The third kappa shape index (κ3) is 4.27. The normalized spacial score (nSPS) is 32.8. The minimum Gasteiger partial charge on any atom is -0.461 e. The van der Waals surface area contributed by atoms with E-state index in [4.69, 9.17) is 28.4 Å². The summed E-state index contributed by atoms with van der Waals surface area (Å²) in [7, 11) is 0. The molecule has 3 aliphatic rings. The molecule has 0 amide bonds. The van der Waals surface area contributed by atoms with E-state index in [1.165, 1.54) is 0 Å². The van der Waals surface area contributed by atoms with Crippen LogP contribution in [0.25, 0.3) is 0 Å². The highest BCUT2D eigenvalue weighted by atomic mass is 16.8. The van der Waals surface area contributed by atoms with E-state index in [0.717, 1.165) is 0 Å². The fraction of sp³-hybridized carbons (Fsp3) is 0.733. The largest absolute Gasteiger partial charge is 0.509 e. The van der Waals surface area contributed by atoms with Crippen LogP contribution in [0.15, 0.2) is 0 Å². The Kier molecular flexibility index (Phi) is 5.33. The predicted molar refractivity (Wildman–Crippen MR) is 77.0 cm³/mol. The third-order valence-electron chi connectivity index (χ3n) is 4.13. The Morgan fingerprint density at radius 3 is 2.15 bits per heavy atom. The highest BCUT2D eigenvalue weighted by Crippen LogP contribution is 2.29. The first-order valence-electron chi connectivity index (χ1n) is 8.18. The molecule has 0 radical (unpaired) electrons. The van der Waals surface area contributed by atoms with E-state index in [1.54, 1.807) is 0 Å². The molecule has 5 atom stereocenters. The molecular formula is C15H18O11. The summed E-state index contributed by atoms with van der Waals surface area (Å²) in [6.45, 7) is 1.66. The van der Waals surface area contributed by atoms with Gasteiger partial charge in [-0.3, -0.25) is 4.79 Å². The molecule has 11 heteroatoms. The second-order valence-electron chi connectivity index (χ2n) is 5.96. The molecule has 0 aromatic rings. The lowest BCUT2D eigenvalue weighted by Crippen LogP contribution is -2.34. The van der Waals surface area contributed by atoms with Crippen molar-refractivity contribution in [2.24, 2.45) is 0 Å². The SMILES string of the molecule is CCC1OC(=O)OC1CC1OC(=O)OC1CC(=O)OCC1COC(=O)O1. The van der Waals surface area contributed by atoms with Gasteiger partial charge in [0.25, 0.3) is 0 Å². The van der Waals surface area contributed by atoms with Crippen LogP contribution in [0.1, 0.15) is 26.2 Å². The number of esters is 1. The van der Waals surface area contributed by atoms with Gasteiger partial charge in [-0.05, 0) is 6.42 Å². The molecule has 3 aliphatic heterocycles. The van der Waals surface area contributed by atoms with Crippen molar-refractivity contribution in [1.82, 2.24) is 0 Å². The Bertz CT molecular complexity index is 588. The first kappa shape index (κ1) is 18.1. The van der Waals surface area contributed by atoms with Crippen molar-refractivity contribution in [3.8, 4) is 0 Å². The summed E-state index contributed by atoms with van der Waals surface area (Å²) in [5.74, 6) is -0.659. The third-order valence-corrected chi connectivity index (χ3v) is 4.13. The molecule has 0 saturated carbocycles. The van der Waals surface area contributed by atoms with Crippen molar-refractivity contribution in [2.45, 2.75) is 56.7 Å². The fourth-order valence-corrected chi connectivity index (χ4v) is 2.86. The molecule has 0 N–H and O–H groups in total. The van der Waals surface area contributed by atoms with E-state index in [-0.39, 0.29) is 26.1 Å². The van der Waals surface area contributed by atoms with Crippen molar-refractivity contribution in [3.05, 3.63) is 0 Å². The lowest BCUT2D eigenvalue weighted by Gasteiger charge is -2.19. The van der Waals surface area contributed by atoms with Gasteiger partial charge in [-0.15, -0.1) is 0 Å². The summed E-state index contributed by atoms with van der Waals surface area (Å²) in [6, 6.07) is 0. The summed E-state index contributed by atoms with van der Waals surface area (Å²) in [6.07, 6.45) is -5.46. The molecule has 26 heavy (non-hydrogen) atoms. The average Bonchev–Trinajstić information content (AvgIpc) is 3.25. The van der Waals surface area contributed by atoms with E-state index in [9.17, 15) is 19.2 Å². The van der Waals surface area contributed by atoms with E-state index >= 15 is 0 Å². The summed E-state index contributed by atoms with van der Waals surface area (Å²) in [5.41, 5.74) is 0. The molecule has 3 heterocycles. The zero-order valence-electron chi connectivity index (χ0n) is 13.9. The van der Waals surface area contributed by atoms with Crippen molar-refractivity contribution in [3.63, 3.8) is 0 Å². The van der Waals surface area contributed by atoms with Crippen LogP contribution < -0.4 is 0 Å². The summed E-state index contributed by atoms with van der Waals surface area (Å²) in [5, 5.41) is 0. The minimum absolute atomic E-state index is 0.00170. The minimum atomic E-state index is -0.913. The van der Waals surface area contributed by atoms with Gasteiger partial charge in [0.2, 0.25) is 0 Å². The molecule has 0 bridgehead atoms. The summed E-state index contributed by atoms with van der Waals surface area (Å²) < 4.78 is 34.4. The fourth-order valence-electron chi connectivity index (χ4n) is 2.86. The van der Waals surface area contributed by atoms with E-state index in [2.05, 4.69) is 4.74 Å². The van der Waals surface area contributed by atoms with Crippen molar-refractivity contribution < 1.29 is 52.3 Å². The van der Waals surface area contributed by atoms with Crippen LogP contribution in [0.2, 0.25) is 0 Å². The topological polar surface area (TPSA) is 133 Å². The van der Waals surface area contributed by atoms with E-state index < -0.39 is 55.0 Å². The number of rotatable bonds is 7. The van der Waals surface area contributed by atoms with Gasteiger partial charge in [0.1, 0.15) is 31.5 Å². The Morgan fingerprint density at radius 2 is 1.54 bits per heavy atom. The Morgan fingerprint density at radius 1 is 0.923 bits per heavy atom. The standard InChI is InChI=1S/C15H18O11/c1-2-8-9(24-14(18)23-8)3-10-11(26-15(19)25-10)4-12(16)20-5-7-6-21-13(17)22-7/h7-11H,2-6H2,1H3. The molecule has 5 unspecified atom stereocenters. The van der Waals surface area contributed by atoms with E-state index in [0.29, 0.717) is 6.42 Å². The van der Waals surface area contributed by atoms with Crippen molar-refractivity contribution in [1.29, 1.82) is 0 Å². The van der Waals surface area contributed by atoms with Gasteiger partial charge in [-0.25, -0.2) is 14.4 Å². The van der Waals surface area contributed by atoms with Gasteiger partial charge in [0.15, 0.2) is 12.2 Å². The number of hydrogen-bond donors (Lipinski definition) is 0. The molecule has 0 aliphatic carbocycles. The first-order valence-corrected chi connectivity index (χ1v) is 8.18. The smallest absolute Gasteiger partial charge is 0.461 e. The molecular weight excluding hydrogens is 356 g/mol. The number of cyclic esters (lactones) is 6. The zero-order valence-corrected chi connectivity index (χ0v) is 13.9. The molecule has 0 aromatic carbocycles. The van der Waals surface area contributed by atoms with Gasteiger partial charge in [-0.2, -0.15) is 0 Å². The van der Waals surface area contributed by atoms with Gasteiger partial charge in [-0.1, -0.05) is 6.92 Å². The summed E-state index contributed by atoms with van der Waals surface area (Å²) >= 11 is 0. The van der Waals surface area contributed by atoms with Gasteiger partial charge in [0, 0.05) is 6.42 Å². The number of carbonyl (C=O) groups is 4. The second-order valence-corrected chi connectivity index (χ2v) is 5.96. The maximum absolute atomic E-state index is 11.9. The predicted octanol–water partition coefficient (Wildman–Crippen LogP) is 1.06. The van der Waals surface area contributed by atoms with E-state index in [1.807, 2.05) is 6.92 Å². The number of carbonyl (C=O) groups excluding carboxylic acids is 4. The van der Waals surface area contributed by atoms with Crippen LogP contribution in [-0.2, 0) is 38.0 Å². The molecule has 3 fully saturated rings. The molecule has 144 valence electrons. The monoisotopic (exact) mass is 374 g/mol. The van der Waals surface area contributed by atoms with Crippen LogP contribution in [0.4, 0.5) is 14.4 Å². The van der Waals surface area contributed by atoms with Gasteiger partial charge < -0.3 is 33.2 Å². The first-order chi connectivity index (χ1) is 12.4. The van der Waals surface area contributed by atoms with Crippen LogP contribution in [0, 0.1) is 0 Å². The Balaban J connectivity index is 1.49. The summed E-state index contributed by atoms with van der Waals surface area (Å²) in [4.78, 5) is 45.4. The van der Waals surface area contributed by atoms with Gasteiger partial charge >= 0.3 is 24.4 Å². The molecule has 0 aromatic heterocycles. The molecule has 3 saturated heterocycles. The van der Waals surface area contributed by atoms with Crippen LogP contribution in [0.5, 0.6) is 0 Å². The lowest BCUT2D eigenvalue weighted by molar-refractivity contribution is -0.148.